The summed E-state index contributed by atoms with van der Waals surface area (Å²) >= 11 is 0. The first kappa shape index (κ1) is 14.5. The molecule has 2 heteroatoms. The van der Waals surface area contributed by atoms with Gasteiger partial charge in [0.25, 0.3) is 0 Å². The molecule has 106 valence electrons. The van der Waals surface area contributed by atoms with Gasteiger partial charge in [-0.3, -0.25) is 0 Å². The maximum absolute atomic E-state index is 3.54. The average molecular weight is 260 g/mol. The zero-order valence-corrected chi connectivity index (χ0v) is 12.8. The van der Waals surface area contributed by atoms with Crippen molar-refractivity contribution >= 4 is 0 Å². The largest absolute Gasteiger partial charge is 0.319 e. The fourth-order valence-electron chi connectivity index (χ4n) is 3.39. The third-order valence-corrected chi connectivity index (χ3v) is 4.52. The van der Waals surface area contributed by atoms with Gasteiger partial charge in [0.1, 0.15) is 0 Å². The Morgan fingerprint density at radius 3 is 2.47 bits per heavy atom. The van der Waals surface area contributed by atoms with Crippen molar-refractivity contribution < 1.29 is 0 Å². The first-order valence-electron chi connectivity index (χ1n) is 7.61. The normalized spacial score (nSPS) is 17.5. The van der Waals surface area contributed by atoms with Gasteiger partial charge in [-0.05, 0) is 68.4 Å². The summed E-state index contributed by atoms with van der Waals surface area (Å²) in [6.07, 6.45) is 3.86. The molecular weight excluding hydrogens is 232 g/mol. The van der Waals surface area contributed by atoms with Crippen molar-refractivity contribution in [2.75, 3.05) is 20.6 Å². The second kappa shape index (κ2) is 6.53. The van der Waals surface area contributed by atoms with E-state index in [9.17, 15) is 0 Å². The van der Waals surface area contributed by atoms with Crippen molar-refractivity contribution in [2.24, 2.45) is 11.8 Å². The third-order valence-electron chi connectivity index (χ3n) is 4.52. The number of hydrogen-bond donors (Lipinski definition) is 2. The summed E-state index contributed by atoms with van der Waals surface area (Å²) in [5, 5.41) is 6.88. The highest BCUT2D eigenvalue weighted by Crippen LogP contribution is 2.31. The Morgan fingerprint density at radius 2 is 1.84 bits per heavy atom. The van der Waals surface area contributed by atoms with Crippen LogP contribution in [0.1, 0.15) is 43.0 Å². The van der Waals surface area contributed by atoms with Gasteiger partial charge in [0.2, 0.25) is 0 Å². The SMILES string of the molecule is CNCC(C(C)C)C(NC)c1ccc2c(c1)CCC2. The van der Waals surface area contributed by atoms with Crippen LogP contribution in [0.3, 0.4) is 0 Å². The smallest absolute Gasteiger partial charge is 0.0360 e. The highest BCUT2D eigenvalue weighted by atomic mass is 14.9. The zero-order valence-electron chi connectivity index (χ0n) is 12.8. The minimum absolute atomic E-state index is 0.443. The molecule has 2 atom stereocenters. The van der Waals surface area contributed by atoms with E-state index in [1.165, 1.54) is 24.8 Å². The standard InChI is InChI=1S/C17H28N2/c1-12(2)16(11-18-3)17(19-4)15-9-8-13-6-5-7-14(13)10-15/h8-10,12,16-19H,5-7,11H2,1-4H3. The molecule has 2 rings (SSSR count). The Hall–Kier alpha value is -0.860. The molecule has 0 fully saturated rings. The van der Waals surface area contributed by atoms with E-state index in [1.54, 1.807) is 11.1 Å². The lowest BCUT2D eigenvalue weighted by atomic mass is 9.83. The van der Waals surface area contributed by atoms with Crippen molar-refractivity contribution in [1.29, 1.82) is 0 Å². The van der Waals surface area contributed by atoms with Crippen LogP contribution in [0, 0.1) is 11.8 Å². The molecule has 2 nitrogen and oxygen atoms in total. The summed E-state index contributed by atoms with van der Waals surface area (Å²) in [5.41, 5.74) is 4.59. The van der Waals surface area contributed by atoms with Gasteiger partial charge >= 0.3 is 0 Å². The number of fused-ring (bicyclic) bond motifs is 1. The second-order valence-electron chi connectivity index (χ2n) is 6.11. The maximum Gasteiger partial charge on any atom is 0.0360 e. The number of hydrogen-bond acceptors (Lipinski definition) is 2. The van der Waals surface area contributed by atoms with Crippen LogP contribution in [0.15, 0.2) is 18.2 Å². The number of rotatable bonds is 6. The molecular formula is C17H28N2. The molecule has 2 unspecified atom stereocenters. The van der Waals surface area contributed by atoms with Crippen LogP contribution in [-0.2, 0) is 12.8 Å². The fourth-order valence-corrected chi connectivity index (χ4v) is 3.39. The van der Waals surface area contributed by atoms with E-state index in [-0.39, 0.29) is 0 Å². The van der Waals surface area contributed by atoms with E-state index in [0.29, 0.717) is 17.9 Å². The number of aryl methyl sites for hydroxylation is 2. The topological polar surface area (TPSA) is 24.1 Å². The monoisotopic (exact) mass is 260 g/mol. The van der Waals surface area contributed by atoms with Crippen molar-refractivity contribution in [1.82, 2.24) is 10.6 Å². The minimum atomic E-state index is 0.443. The lowest BCUT2D eigenvalue weighted by Gasteiger charge is -2.30. The molecule has 0 radical (unpaired) electrons. The van der Waals surface area contributed by atoms with Crippen molar-refractivity contribution in [2.45, 2.75) is 39.2 Å². The van der Waals surface area contributed by atoms with Crippen LogP contribution in [0.5, 0.6) is 0 Å². The van der Waals surface area contributed by atoms with Gasteiger partial charge in [-0.2, -0.15) is 0 Å². The molecule has 19 heavy (non-hydrogen) atoms. The first-order valence-corrected chi connectivity index (χ1v) is 7.61. The maximum atomic E-state index is 3.54. The van der Waals surface area contributed by atoms with Gasteiger partial charge in [-0.25, -0.2) is 0 Å². The predicted molar refractivity (Wildman–Crippen MR) is 82.5 cm³/mol. The molecule has 0 bridgehead atoms. The van der Waals surface area contributed by atoms with Crippen molar-refractivity contribution in [3.05, 3.63) is 34.9 Å². The summed E-state index contributed by atoms with van der Waals surface area (Å²) in [7, 11) is 4.13. The Balaban J connectivity index is 2.25. The van der Waals surface area contributed by atoms with Gasteiger partial charge in [0.05, 0.1) is 0 Å². The Bertz CT molecular complexity index is 412. The predicted octanol–water partition coefficient (Wildman–Crippen LogP) is 2.93. The van der Waals surface area contributed by atoms with Crippen LogP contribution in [0.4, 0.5) is 0 Å². The van der Waals surface area contributed by atoms with E-state index in [1.807, 2.05) is 7.05 Å². The Morgan fingerprint density at radius 1 is 1.11 bits per heavy atom. The number of benzene rings is 1. The van der Waals surface area contributed by atoms with Gasteiger partial charge in [0, 0.05) is 6.04 Å². The molecule has 0 spiro atoms. The lowest BCUT2D eigenvalue weighted by molar-refractivity contribution is 0.284. The van der Waals surface area contributed by atoms with E-state index < -0.39 is 0 Å². The van der Waals surface area contributed by atoms with Crippen molar-refractivity contribution in [3.63, 3.8) is 0 Å². The quantitative estimate of drug-likeness (QED) is 0.822. The van der Waals surface area contributed by atoms with E-state index >= 15 is 0 Å². The molecule has 1 aliphatic carbocycles. The Kier molecular flexibility index (Phi) is 5.00. The molecule has 1 aromatic rings. The van der Waals surface area contributed by atoms with E-state index in [0.717, 1.165) is 6.54 Å². The summed E-state index contributed by atoms with van der Waals surface area (Å²) in [5.74, 6) is 1.28. The molecule has 0 aliphatic heterocycles. The molecule has 0 aromatic heterocycles. The molecule has 1 aromatic carbocycles. The Labute approximate surface area is 118 Å². The van der Waals surface area contributed by atoms with Crippen LogP contribution in [0.2, 0.25) is 0 Å². The minimum Gasteiger partial charge on any atom is -0.319 e. The first-order chi connectivity index (χ1) is 9.17. The van der Waals surface area contributed by atoms with Gasteiger partial charge in [0.15, 0.2) is 0 Å². The van der Waals surface area contributed by atoms with Gasteiger partial charge in [-0.15, -0.1) is 0 Å². The molecule has 0 saturated carbocycles. The van der Waals surface area contributed by atoms with Crippen LogP contribution in [-0.4, -0.2) is 20.6 Å². The number of nitrogens with one attached hydrogen (secondary N) is 2. The van der Waals surface area contributed by atoms with Crippen LogP contribution >= 0.6 is 0 Å². The van der Waals surface area contributed by atoms with Crippen LogP contribution in [0.25, 0.3) is 0 Å². The summed E-state index contributed by atoms with van der Waals surface area (Å²) < 4.78 is 0. The second-order valence-corrected chi connectivity index (χ2v) is 6.11. The van der Waals surface area contributed by atoms with E-state index in [2.05, 4.69) is 49.7 Å². The zero-order chi connectivity index (χ0) is 13.8. The summed E-state index contributed by atoms with van der Waals surface area (Å²) in [4.78, 5) is 0. The van der Waals surface area contributed by atoms with Gasteiger partial charge < -0.3 is 10.6 Å². The fraction of sp³-hybridized carbons (Fsp3) is 0.647. The molecule has 1 aliphatic rings. The lowest BCUT2D eigenvalue weighted by Crippen LogP contribution is -2.35. The van der Waals surface area contributed by atoms with Crippen molar-refractivity contribution in [3.8, 4) is 0 Å². The highest BCUT2D eigenvalue weighted by molar-refractivity contribution is 5.36. The molecule has 2 N–H and O–H groups in total. The molecule has 0 saturated heterocycles. The van der Waals surface area contributed by atoms with E-state index in [4.69, 9.17) is 0 Å². The van der Waals surface area contributed by atoms with Gasteiger partial charge in [-0.1, -0.05) is 32.0 Å². The highest BCUT2D eigenvalue weighted by Gasteiger charge is 2.25. The summed E-state index contributed by atoms with van der Waals surface area (Å²) in [6.45, 7) is 5.69. The average Bonchev–Trinajstić information content (AvgIpc) is 2.85. The van der Waals surface area contributed by atoms with Crippen LogP contribution < -0.4 is 10.6 Å². The molecule has 0 amide bonds. The molecule has 0 heterocycles. The third kappa shape index (κ3) is 3.18. The summed E-state index contributed by atoms with van der Waals surface area (Å²) in [6, 6.07) is 7.56.